The molecule has 0 spiro atoms. The van der Waals surface area contributed by atoms with Crippen molar-refractivity contribution in [3.8, 4) is 12.0 Å². The van der Waals surface area contributed by atoms with Crippen molar-refractivity contribution in [3.05, 3.63) is 0 Å². The number of ether oxygens (including phenoxy) is 3. The molecular formula is C12H20N4O3. The fraction of sp³-hybridized carbons (Fsp3) is 0.750. The van der Waals surface area contributed by atoms with Gasteiger partial charge in [0, 0.05) is 13.2 Å². The fourth-order valence-corrected chi connectivity index (χ4v) is 1.84. The van der Waals surface area contributed by atoms with Crippen molar-refractivity contribution in [2.45, 2.75) is 32.3 Å². The first-order chi connectivity index (χ1) is 9.31. The molecule has 0 saturated carbocycles. The minimum atomic E-state index is 0.124. The van der Waals surface area contributed by atoms with Gasteiger partial charge in [0.2, 0.25) is 5.95 Å². The number of methoxy groups -OCH3 is 1. The van der Waals surface area contributed by atoms with Crippen molar-refractivity contribution in [2.24, 2.45) is 0 Å². The van der Waals surface area contributed by atoms with E-state index in [-0.39, 0.29) is 18.1 Å². The maximum Gasteiger partial charge on any atom is 0.324 e. The highest BCUT2D eigenvalue weighted by Crippen LogP contribution is 2.16. The van der Waals surface area contributed by atoms with Gasteiger partial charge in [0.15, 0.2) is 0 Å². The summed E-state index contributed by atoms with van der Waals surface area (Å²) < 4.78 is 16.2. The number of hydrogen-bond acceptors (Lipinski definition) is 7. The van der Waals surface area contributed by atoms with Gasteiger partial charge in [-0.2, -0.15) is 9.97 Å². The molecule has 0 bridgehead atoms. The van der Waals surface area contributed by atoms with Crippen LogP contribution >= 0.6 is 0 Å². The molecule has 7 heteroatoms. The molecule has 1 aromatic rings. The molecule has 7 nitrogen and oxygen atoms in total. The Kier molecular flexibility index (Phi) is 5.14. The molecular weight excluding hydrogens is 248 g/mol. The molecule has 19 heavy (non-hydrogen) atoms. The van der Waals surface area contributed by atoms with E-state index in [4.69, 9.17) is 14.2 Å². The summed E-state index contributed by atoms with van der Waals surface area (Å²) in [6.45, 7) is 3.95. The van der Waals surface area contributed by atoms with Crippen molar-refractivity contribution in [2.75, 3.05) is 32.2 Å². The van der Waals surface area contributed by atoms with Gasteiger partial charge in [0.1, 0.15) is 6.61 Å². The van der Waals surface area contributed by atoms with Gasteiger partial charge in [0.25, 0.3) is 0 Å². The van der Waals surface area contributed by atoms with Crippen LogP contribution in [0, 0.1) is 0 Å². The summed E-state index contributed by atoms with van der Waals surface area (Å²) in [7, 11) is 1.51. The molecule has 0 aliphatic carbocycles. The Labute approximate surface area is 112 Å². The molecule has 106 valence electrons. The Bertz CT molecular complexity index is 397. The smallest absolute Gasteiger partial charge is 0.324 e. The highest BCUT2D eigenvalue weighted by Gasteiger charge is 2.16. The van der Waals surface area contributed by atoms with Gasteiger partial charge in [-0.15, -0.1) is 4.98 Å². The summed E-state index contributed by atoms with van der Waals surface area (Å²) in [6.07, 6.45) is 3.44. The number of hydrogen-bond donors (Lipinski definition) is 1. The maximum absolute atomic E-state index is 5.59. The molecule has 0 aromatic carbocycles. The van der Waals surface area contributed by atoms with Crippen LogP contribution in [0.4, 0.5) is 5.95 Å². The Morgan fingerprint density at radius 1 is 1.26 bits per heavy atom. The van der Waals surface area contributed by atoms with Gasteiger partial charge in [-0.05, 0) is 26.2 Å². The molecule has 0 radical (unpaired) electrons. The average Bonchev–Trinajstić information content (AvgIpc) is 2.46. The highest BCUT2D eigenvalue weighted by atomic mass is 16.5. The van der Waals surface area contributed by atoms with Crippen LogP contribution in [0.25, 0.3) is 0 Å². The van der Waals surface area contributed by atoms with E-state index in [2.05, 4.69) is 20.3 Å². The van der Waals surface area contributed by atoms with E-state index in [9.17, 15) is 0 Å². The topological polar surface area (TPSA) is 78.4 Å². The van der Waals surface area contributed by atoms with Crippen LogP contribution < -0.4 is 14.8 Å². The van der Waals surface area contributed by atoms with Crippen molar-refractivity contribution in [1.29, 1.82) is 0 Å². The van der Waals surface area contributed by atoms with Crippen molar-refractivity contribution >= 4 is 5.95 Å². The maximum atomic E-state index is 5.59. The molecule has 2 heterocycles. The van der Waals surface area contributed by atoms with Gasteiger partial charge in [-0.1, -0.05) is 0 Å². The fourth-order valence-electron chi connectivity index (χ4n) is 1.84. The summed E-state index contributed by atoms with van der Waals surface area (Å²) in [5, 5.41) is 3.01. The normalized spacial score (nSPS) is 18.9. The van der Waals surface area contributed by atoms with E-state index >= 15 is 0 Å². The molecule has 1 fully saturated rings. The number of rotatable bonds is 6. The highest BCUT2D eigenvalue weighted by molar-refractivity contribution is 5.27. The number of aromatic nitrogens is 3. The van der Waals surface area contributed by atoms with E-state index in [0.717, 1.165) is 26.0 Å². The molecule has 1 aliphatic rings. The van der Waals surface area contributed by atoms with Crippen LogP contribution in [0.1, 0.15) is 26.2 Å². The van der Waals surface area contributed by atoms with Crippen LogP contribution in [0.15, 0.2) is 0 Å². The molecule has 2 rings (SSSR count). The van der Waals surface area contributed by atoms with E-state index in [0.29, 0.717) is 12.6 Å². The minimum absolute atomic E-state index is 0.124. The second-order valence-electron chi connectivity index (χ2n) is 4.26. The van der Waals surface area contributed by atoms with Crippen molar-refractivity contribution in [1.82, 2.24) is 15.0 Å². The lowest BCUT2D eigenvalue weighted by Crippen LogP contribution is -2.26. The largest absolute Gasteiger partial charge is 0.467 e. The molecule has 1 saturated heterocycles. The third-order valence-corrected chi connectivity index (χ3v) is 2.78. The van der Waals surface area contributed by atoms with Crippen LogP contribution in [0.5, 0.6) is 12.0 Å². The average molecular weight is 268 g/mol. The van der Waals surface area contributed by atoms with Gasteiger partial charge in [0.05, 0.1) is 13.2 Å². The van der Waals surface area contributed by atoms with Crippen molar-refractivity contribution in [3.63, 3.8) is 0 Å². The molecule has 0 amide bonds. The third kappa shape index (κ3) is 4.20. The second kappa shape index (κ2) is 7.08. The Hall–Kier alpha value is -1.63. The first-order valence-corrected chi connectivity index (χ1v) is 6.60. The van der Waals surface area contributed by atoms with E-state index in [1.165, 1.54) is 13.5 Å². The van der Waals surface area contributed by atoms with Crippen LogP contribution in [-0.4, -0.2) is 47.9 Å². The number of nitrogens with zero attached hydrogens (tertiary/aromatic N) is 3. The first kappa shape index (κ1) is 13.8. The van der Waals surface area contributed by atoms with E-state index in [1.54, 1.807) is 0 Å². The van der Waals surface area contributed by atoms with Gasteiger partial charge in [-0.25, -0.2) is 0 Å². The zero-order chi connectivity index (χ0) is 13.5. The monoisotopic (exact) mass is 268 g/mol. The first-order valence-electron chi connectivity index (χ1n) is 6.60. The lowest BCUT2D eigenvalue weighted by atomic mass is 10.1. The van der Waals surface area contributed by atoms with Crippen LogP contribution in [-0.2, 0) is 4.74 Å². The molecule has 1 N–H and O–H groups in total. The third-order valence-electron chi connectivity index (χ3n) is 2.78. The molecule has 1 aromatic heterocycles. The zero-order valence-electron chi connectivity index (χ0n) is 11.4. The summed E-state index contributed by atoms with van der Waals surface area (Å²) in [5.41, 5.74) is 0. The quantitative estimate of drug-likeness (QED) is 0.832. The predicted octanol–water partition coefficient (Wildman–Crippen LogP) is 1.26. The zero-order valence-corrected chi connectivity index (χ0v) is 11.4. The van der Waals surface area contributed by atoms with Gasteiger partial charge in [-0.3, -0.25) is 0 Å². The SMILES string of the molecule is CCNc1nc(OC)nc(OCC2CCCCO2)n1. The lowest BCUT2D eigenvalue weighted by Gasteiger charge is -2.22. The minimum Gasteiger partial charge on any atom is -0.467 e. The van der Waals surface area contributed by atoms with Crippen molar-refractivity contribution < 1.29 is 14.2 Å². The van der Waals surface area contributed by atoms with Crippen LogP contribution in [0.2, 0.25) is 0 Å². The predicted molar refractivity (Wildman–Crippen MR) is 69.6 cm³/mol. The Balaban J connectivity index is 1.95. The van der Waals surface area contributed by atoms with Crippen LogP contribution in [0.3, 0.4) is 0 Å². The molecule has 1 aliphatic heterocycles. The number of anilines is 1. The second-order valence-corrected chi connectivity index (χ2v) is 4.26. The summed E-state index contributed by atoms with van der Waals surface area (Å²) in [4.78, 5) is 12.3. The van der Waals surface area contributed by atoms with E-state index in [1.807, 2.05) is 6.92 Å². The molecule has 1 atom stereocenters. The standard InChI is InChI=1S/C12H20N4O3/c1-3-13-10-14-11(17-2)16-12(15-10)19-8-9-6-4-5-7-18-9/h9H,3-8H2,1-2H3,(H,13,14,15,16). The Morgan fingerprint density at radius 3 is 2.79 bits per heavy atom. The summed E-state index contributed by atoms with van der Waals surface area (Å²) in [6, 6.07) is 0.502. The summed E-state index contributed by atoms with van der Waals surface area (Å²) >= 11 is 0. The summed E-state index contributed by atoms with van der Waals surface area (Å²) in [5.74, 6) is 0.453. The van der Waals surface area contributed by atoms with Gasteiger partial charge < -0.3 is 19.5 Å². The van der Waals surface area contributed by atoms with Gasteiger partial charge >= 0.3 is 12.0 Å². The lowest BCUT2D eigenvalue weighted by molar-refractivity contribution is -0.0130. The number of nitrogens with one attached hydrogen (secondary N) is 1. The van der Waals surface area contributed by atoms with E-state index < -0.39 is 0 Å². The molecule has 1 unspecified atom stereocenters. The Morgan fingerprint density at radius 2 is 2.11 bits per heavy atom.